The lowest BCUT2D eigenvalue weighted by Crippen LogP contribution is -2.43. The Labute approximate surface area is 164 Å². The number of methoxy groups -OCH3 is 1. The van der Waals surface area contributed by atoms with Crippen LogP contribution >= 0.6 is 0 Å². The van der Waals surface area contributed by atoms with Crippen LogP contribution in [0, 0.1) is 5.41 Å². The highest BCUT2D eigenvalue weighted by molar-refractivity contribution is 5.74. The number of carboxylic acid groups (broad SMARTS) is 1. The van der Waals surface area contributed by atoms with E-state index in [9.17, 15) is 9.90 Å². The van der Waals surface area contributed by atoms with Gasteiger partial charge in [0.2, 0.25) is 5.88 Å². The van der Waals surface area contributed by atoms with Gasteiger partial charge in [-0.2, -0.15) is 0 Å². The Bertz CT molecular complexity index is 862. The number of pyridine rings is 1. The quantitative estimate of drug-likeness (QED) is 0.797. The second-order valence-electron chi connectivity index (χ2n) is 7.80. The lowest BCUT2D eigenvalue weighted by Gasteiger charge is -2.39. The molecule has 0 radical (unpaired) electrons. The van der Waals surface area contributed by atoms with Crippen molar-refractivity contribution in [3.8, 4) is 28.5 Å². The van der Waals surface area contributed by atoms with Gasteiger partial charge < -0.3 is 24.6 Å². The number of benzene rings is 1. The predicted octanol–water partition coefficient (Wildman–Crippen LogP) is 4.27. The van der Waals surface area contributed by atoms with Gasteiger partial charge in [-0.15, -0.1) is 0 Å². The van der Waals surface area contributed by atoms with Crippen LogP contribution in [-0.2, 0) is 0 Å². The third kappa shape index (κ3) is 3.98. The summed E-state index contributed by atoms with van der Waals surface area (Å²) in [6.07, 6.45) is 0.702. The maximum Gasteiger partial charge on any atom is 0.405 e. The molecular formula is C21H26N2O5. The van der Waals surface area contributed by atoms with Gasteiger partial charge in [-0.3, -0.25) is 0 Å². The minimum absolute atomic E-state index is 0.0482. The van der Waals surface area contributed by atoms with E-state index >= 15 is 0 Å². The molecular weight excluding hydrogens is 360 g/mol. The Morgan fingerprint density at radius 1 is 1.36 bits per heavy atom. The highest BCUT2D eigenvalue weighted by Gasteiger charge is 2.39. The molecule has 7 nitrogen and oxygen atoms in total. The second-order valence-corrected chi connectivity index (χ2v) is 7.80. The molecule has 0 aliphatic carbocycles. The van der Waals surface area contributed by atoms with Gasteiger partial charge in [0.05, 0.1) is 25.9 Å². The SMILES string of the molecule is COc1cc2c(cc1-c1ccc(OC(C)C)nc1)OCC(C)(C)C2NC(=O)O. The van der Waals surface area contributed by atoms with E-state index < -0.39 is 17.6 Å². The standard InChI is InChI=1S/C21H26N2O5/c1-12(2)28-18-7-6-13(10-22-18)14-8-17-15(9-16(14)26-5)19(23-20(24)25)21(3,4)11-27-17/h6-10,12,19,23H,11H2,1-5H3,(H,24,25). The van der Waals surface area contributed by atoms with Crippen molar-refractivity contribution in [3.05, 3.63) is 36.0 Å². The molecule has 0 saturated heterocycles. The molecule has 1 amide bonds. The number of hydrogen-bond donors (Lipinski definition) is 2. The lowest BCUT2D eigenvalue weighted by molar-refractivity contribution is 0.0993. The van der Waals surface area contributed by atoms with Crippen molar-refractivity contribution in [1.82, 2.24) is 10.3 Å². The van der Waals surface area contributed by atoms with Crippen LogP contribution in [0.15, 0.2) is 30.5 Å². The molecule has 2 aromatic rings. The first-order valence-electron chi connectivity index (χ1n) is 9.18. The molecule has 1 atom stereocenters. The summed E-state index contributed by atoms with van der Waals surface area (Å²) in [5.41, 5.74) is 2.03. The second kappa shape index (κ2) is 7.58. The predicted molar refractivity (Wildman–Crippen MR) is 105 cm³/mol. The fourth-order valence-corrected chi connectivity index (χ4v) is 3.34. The number of nitrogens with one attached hydrogen (secondary N) is 1. The molecule has 1 aliphatic heterocycles. The molecule has 7 heteroatoms. The minimum Gasteiger partial charge on any atom is -0.496 e. The third-order valence-corrected chi connectivity index (χ3v) is 4.70. The molecule has 150 valence electrons. The number of ether oxygens (including phenoxy) is 3. The average molecular weight is 386 g/mol. The van der Waals surface area contributed by atoms with Gasteiger partial charge >= 0.3 is 6.09 Å². The van der Waals surface area contributed by atoms with Crippen LogP contribution in [0.3, 0.4) is 0 Å². The van der Waals surface area contributed by atoms with Crippen LogP contribution in [0.25, 0.3) is 11.1 Å². The fraction of sp³-hybridized carbons (Fsp3) is 0.429. The van der Waals surface area contributed by atoms with E-state index in [4.69, 9.17) is 14.2 Å². The van der Waals surface area contributed by atoms with Crippen LogP contribution in [0.2, 0.25) is 0 Å². The molecule has 3 rings (SSSR count). The van der Waals surface area contributed by atoms with Crippen LogP contribution in [0.4, 0.5) is 4.79 Å². The number of carbonyl (C=O) groups is 1. The van der Waals surface area contributed by atoms with E-state index in [0.29, 0.717) is 24.0 Å². The lowest BCUT2D eigenvalue weighted by atomic mass is 9.78. The smallest absolute Gasteiger partial charge is 0.405 e. The van der Waals surface area contributed by atoms with Gasteiger partial charge in [0, 0.05) is 34.4 Å². The highest BCUT2D eigenvalue weighted by Crippen LogP contribution is 2.47. The van der Waals surface area contributed by atoms with Crippen molar-refractivity contribution in [2.45, 2.75) is 39.8 Å². The highest BCUT2D eigenvalue weighted by atomic mass is 16.5. The maximum atomic E-state index is 11.3. The Kier molecular flexibility index (Phi) is 5.36. The fourth-order valence-electron chi connectivity index (χ4n) is 3.34. The van der Waals surface area contributed by atoms with Crippen molar-refractivity contribution in [1.29, 1.82) is 0 Å². The number of hydrogen-bond acceptors (Lipinski definition) is 5. The molecule has 0 saturated carbocycles. The zero-order valence-electron chi connectivity index (χ0n) is 16.8. The van der Waals surface area contributed by atoms with E-state index in [0.717, 1.165) is 16.7 Å². The summed E-state index contributed by atoms with van der Waals surface area (Å²) in [5, 5.41) is 11.9. The van der Waals surface area contributed by atoms with Gasteiger partial charge in [0.15, 0.2) is 0 Å². The Morgan fingerprint density at radius 2 is 2.11 bits per heavy atom. The van der Waals surface area contributed by atoms with Gasteiger partial charge in [-0.1, -0.05) is 13.8 Å². The average Bonchev–Trinajstić information content (AvgIpc) is 2.63. The molecule has 1 aliphatic rings. The van der Waals surface area contributed by atoms with E-state index in [1.165, 1.54) is 0 Å². The van der Waals surface area contributed by atoms with E-state index in [1.54, 1.807) is 13.3 Å². The molecule has 0 spiro atoms. The number of nitrogens with zero attached hydrogens (tertiary/aromatic N) is 1. The molecule has 2 heterocycles. The molecule has 28 heavy (non-hydrogen) atoms. The van der Waals surface area contributed by atoms with Crippen LogP contribution in [0.1, 0.15) is 39.3 Å². The topological polar surface area (TPSA) is 89.9 Å². The first kappa shape index (κ1) is 19.8. The zero-order valence-corrected chi connectivity index (χ0v) is 16.8. The number of amides is 1. The number of aromatic nitrogens is 1. The summed E-state index contributed by atoms with van der Waals surface area (Å²) in [4.78, 5) is 15.7. The molecule has 0 fully saturated rings. The summed E-state index contributed by atoms with van der Waals surface area (Å²) in [6.45, 7) is 8.23. The summed E-state index contributed by atoms with van der Waals surface area (Å²) >= 11 is 0. The first-order valence-corrected chi connectivity index (χ1v) is 9.18. The first-order chi connectivity index (χ1) is 13.2. The summed E-state index contributed by atoms with van der Waals surface area (Å²) < 4.78 is 17.1. The maximum absolute atomic E-state index is 11.3. The van der Waals surface area contributed by atoms with Gasteiger partial charge in [-0.25, -0.2) is 9.78 Å². The molecule has 2 N–H and O–H groups in total. The van der Waals surface area contributed by atoms with Crippen LogP contribution in [-0.4, -0.2) is 36.0 Å². The van der Waals surface area contributed by atoms with Crippen molar-refractivity contribution < 1.29 is 24.1 Å². The molecule has 1 unspecified atom stereocenters. The molecule has 1 aromatic carbocycles. The summed E-state index contributed by atoms with van der Waals surface area (Å²) in [7, 11) is 1.59. The Balaban J connectivity index is 2.02. The van der Waals surface area contributed by atoms with E-state index in [1.807, 2.05) is 52.0 Å². The summed E-state index contributed by atoms with van der Waals surface area (Å²) in [6, 6.07) is 7.03. The normalized spacial score (nSPS) is 17.4. The Hall–Kier alpha value is -2.96. The van der Waals surface area contributed by atoms with Gasteiger partial charge in [-0.05, 0) is 32.0 Å². The third-order valence-electron chi connectivity index (χ3n) is 4.70. The van der Waals surface area contributed by atoms with E-state index in [2.05, 4.69) is 10.3 Å². The monoisotopic (exact) mass is 386 g/mol. The van der Waals surface area contributed by atoms with Crippen LogP contribution < -0.4 is 19.5 Å². The van der Waals surface area contributed by atoms with Gasteiger partial charge in [0.1, 0.15) is 11.5 Å². The summed E-state index contributed by atoms with van der Waals surface area (Å²) in [5.74, 6) is 1.81. The van der Waals surface area contributed by atoms with Crippen molar-refractivity contribution >= 4 is 6.09 Å². The van der Waals surface area contributed by atoms with Crippen molar-refractivity contribution in [3.63, 3.8) is 0 Å². The Morgan fingerprint density at radius 3 is 2.68 bits per heavy atom. The molecule has 1 aromatic heterocycles. The largest absolute Gasteiger partial charge is 0.496 e. The van der Waals surface area contributed by atoms with E-state index in [-0.39, 0.29) is 6.10 Å². The number of fused-ring (bicyclic) bond motifs is 1. The molecule has 0 bridgehead atoms. The number of rotatable bonds is 5. The zero-order chi connectivity index (χ0) is 20.5. The van der Waals surface area contributed by atoms with Gasteiger partial charge in [0.25, 0.3) is 0 Å². The minimum atomic E-state index is -1.07. The van der Waals surface area contributed by atoms with Crippen LogP contribution in [0.5, 0.6) is 17.4 Å². The van der Waals surface area contributed by atoms with Crippen molar-refractivity contribution in [2.75, 3.05) is 13.7 Å². The van der Waals surface area contributed by atoms with Crippen molar-refractivity contribution in [2.24, 2.45) is 5.41 Å².